The highest BCUT2D eigenvalue weighted by Crippen LogP contribution is 2.09. The van der Waals surface area contributed by atoms with Crippen LogP contribution in [0.1, 0.15) is 22.3 Å². The molecule has 1 rings (SSSR count). The Morgan fingerprint density at radius 1 is 1.35 bits per heavy atom. The van der Waals surface area contributed by atoms with Crippen molar-refractivity contribution in [3.05, 3.63) is 35.4 Å². The predicted octanol–water partition coefficient (Wildman–Crippen LogP) is 0.438. The zero-order valence-corrected chi connectivity index (χ0v) is 9.73. The van der Waals surface area contributed by atoms with Gasteiger partial charge >= 0.3 is 5.97 Å². The number of rotatable bonds is 6. The van der Waals surface area contributed by atoms with E-state index < -0.39 is 0 Å². The lowest BCUT2D eigenvalue weighted by atomic mass is 10.1. The van der Waals surface area contributed by atoms with E-state index in [0.29, 0.717) is 18.7 Å². The molecule has 0 heterocycles. The van der Waals surface area contributed by atoms with Gasteiger partial charge in [0, 0.05) is 19.5 Å². The van der Waals surface area contributed by atoms with Gasteiger partial charge in [0.2, 0.25) is 5.91 Å². The molecule has 0 aliphatic carbocycles. The smallest absolute Gasteiger partial charge is 0.338 e. The molecule has 1 aromatic carbocycles. The number of nitrogens with one attached hydrogen (secondary N) is 1. The molecule has 0 aliphatic rings. The maximum Gasteiger partial charge on any atom is 0.338 e. The first-order valence-corrected chi connectivity index (χ1v) is 5.30. The maximum absolute atomic E-state index is 11.5. The number of amides is 1. The van der Waals surface area contributed by atoms with Gasteiger partial charge in [-0.05, 0) is 11.6 Å². The third kappa shape index (κ3) is 4.24. The van der Waals surface area contributed by atoms with E-state index in [1.807, 2.05) is 12.1 Å². The second-order valence-corrected chi connectivity index (χ2v) is 3.54. The molecule has 0 saturated carbocycles. The van der Waals surface area contributed by atoms with Crippen molar-refractivity contribution >= 4 is 11.9 Å². The van der Waals surface area contributed by atoms with Crippen LogP contribution in [0.2, 0.25) is 0 Å². The Kier molecular flexibility index (Phi) is 5.16. The second-order valence-electron chi connectivity index (χ2n) is 3.54. The van der Waals surface area contributed by atoms with Gasteiger partial charge in [-0.15, -0.1) is 0 Å². The van der Waals surface area contributed by atoms with Crippen LogP contribution in [-0.2, 0) is 16.1 Å². The SMILES string of the molecule is COC(=O)c1ccccc1CNCCC(N)=O. The summed E-state index contributed by atoms with van der Waals surface area (Å²) in [6.45, 7) is 0.989. The molecular formula is C12H16N2O3. The van der Waals surface area contributed by atoms with E-state index >= 15 is 0 Å². The monoisotopic (exact) mass is 236 g/mol. The molecule has 0 saturated heterocycles. The van der Waals surface area contributed by atoms with Crippen molar-refractivity contribution in [2.24, 2.45) is 5.73 Å². The van der Waals surface area contributed by atoms with Crippen molar-refractivity contribution < 1.29 is 14.3 Å². The summed E-state index contributed by atoms with van der Waals surface area (Å²) < 4.78 is 4.68. The Labute approximate surface area is 99.9 Å². The molecule has 0 atom stereocenters. The van der Waals surface area contributed by atoms with Crippen LogP contribution < -0.4 is 11.1 Å². The molecule has 5 nitrogen and oxygen atoms in total. The molecule has 1 amide bonds. The van der Waals surface area contributed by atoms with Crippen molar-refractivity contribution in [3.8, 4) is 0 Å². The molecule has 1 aromatic rings. The molecule has 0 aliphatic heterocycles. The molecule has 0 aromatic heterocycles. The van der Waals surface area contributed by atoms with E-state index in [1.165, 1.54) is 7.11 Å². The van der Waals surface area contributed by atoms with E-state index in [2.05, 4.69) is 10.1 Å². The van der Waals surface area contributed by atoms with Gasteiger partial charge in [-0.1, -0.05) is 18.2 Å². The Hall–Kier alpha value is -1.88. The molecule has 0 unspecified atom stereocenters. The van der Waals surface area contributed by atoms with Gasteiger partial charge in [0.1, 0.15) is 0 Å². The van der Waals surface area contributed by atoms with Crippen LogP contribution in [0.25, 0.3) is 0 Å². The number of ether oxygens (including phenoxy) is 1. The highest BCUT2D eigenvalue weighted by Gasteiger charge is 2.10. The second kappa shape index (κ2) is 6.65. The first kappa shape index (κ1) is 13.2. The third-order valence-corrected chi connectivity index (χ3v) is 2.29. The van der Waals surface area contributed by atoms with Crippen molar-refractivity contribution in [2.45, 2.75) is 13.0 Å². The molecule has 0 radical (unpaired) electrons. The average Bonchev–Trinajstić information content (AvgIpc) is 2.34. The maximum atomic E-state index is 11.5. The summed E-state index contributed by atoms with van der Waals surface area (Å²) in [7, 11) is 1.35. The summed E-state index contributed by atoms with van der Waals surface area (Å²) in [6.07, 6.45) is 0.278. The lowest BCUT2D eigenvalue weighted by molar-refractivity contribution is -0.117. The summed E-state index contributed by atoms with van der Waals surface area (Å²) in [5.41, 5.74) is 6.38. The summed E-state index contributed by atoms with van der Waals surface area (Å²) in [5.74, 6) is -0.712. The topological polar surface area (TPSA) is 81.4 Å². The fourth-order valence-corrected chi connectivity index (χ4v) is 1.42. The molecule has 0 spiro atoms. The lowest BCUT2D eigenvalue weighted by Crippen LogP contribution is -2.22. The van der Waals surface area contributed by atoms with E-state index in [4.69, 9.17) is 5.73 Å². The number of methoxy groups -OCH3 is 1. The van der Waals surface area contributed by atoms with Gasteiger partial charge in [0.15, 0.2) is 0 Å². The largest absolute Gasteiger partial charge is 0.465 e. The minimum absolute atomic E-state index is 0.278. The van der Waals surface area contributed by atoms with Gasteiger partial charge in [0.05, 0.1) is 12.7 Å². The highest BCUT2D eigenvalue weighted by molar-refractivity contribution is 5.90. The van der Waals surface area contributed by atoms with Crippen molar-refractivity contribution in [1.29, 1.82) is 0 Å². The Morgan fingerprint density at radius 3 is 2.71 bits per heavy atom. The summed E-state index contributed by atoms with van der Waals surface area (Å²) in [5, 5.41) is 3.04. The van der Waals surface area contributed by atoms with Crippen LogP contribution >= 0.6 is 0 Å². The number of carbonyl (C=O) groups is 2. The first-order chi connectivity index (χ1) is 8.15. The molecule has 0 bridgehead atoms. The summed E-state index contributed by atoms with van der Waals surface area (Å²) in [6, 6.07) is 7.16. The van der Waals surface area contributed by atoms with Gasteiger partial charge in [-0.3, -0.25) is 4.79 Å². The first-order valence-electron chi connectivity index (χ1n) is 5.30. The number of esters is 1. The molecule has 3 N–H and O–H groups in total. The van der Waals surface area contributed by atoms with Crippen molar-refractivity contribution in [2.75, 3.05) is 13.7 Å². The van der Waals surface area contributed by atoms with Gasteiger partial charge in [-0.2, -0.15) is 0 Å². The zero-order valence-electron chi connectivity index (χ0n) is 9.73. The van der Waals surface area contributed by atoms with Gasteiger partial charge in [0.25, 0.3) is 0 Å². The molecular weight excluding hydrogens is 220 g/mol. The van der Waals surface area contributed by atoms with Crippen molar-refractivity contribution in [3.63, 3.8) is 0 Å². The Balaban J connectivity index is 2.58. The highest BCUT2D eigenvalue weighted by atomic mass is 16.5. The van der Waals surface area contributed by atoms with Gasteiger partial charge in [-0.25, -0.2) is 4.79 Å². The molecule has 92 valence electrons. The van der Waals surface area contributed by atoms with Crippen LogP contribution in [0.15, 0.2) is 24.3 Å². The number of primary amides is 1. The van der Waals surface area contributed by atoms with E-state index in [-0.39, 0.29) is 18.3 Å². The van der Waals surface area contributed by atoms with Crippen LogP contribution in [-0.4, -0.2) is 25.5 Å². The van der Waals surface area contributed by atoms with E-state index in [1.54, 1.807) is 12.1 Å². The fourth-order valence-electron chi connectivity index (χ4n) is 1.42. The Bertz CT molecular complexity index is 404. The standard InChI is InChI=1S/C12H16N2O3/c1-17-12(16)10-5-3-2-4-9(10)8-14-7-6-11(13)15/h2-5,14H,6-8H2,1H3,(H2,13,15). The summed E-state index contributed by atoms with van der Waals surface area (Å²) in [4.78, 5) is 22.0. The normalized spacial score (nSPS) is 9.94. The molecule has 0 fully saturated rings. The number of hydrogen-bond donors (Lipinski definition) is 2. The lowest BCUT2D eigenvalue weighted by Gasteiger charge is -2.08. The van der Waals surface area contributed by atoms with Crippen molar-refractivity contribution in [1.82, 2.24) is 5.32 Å². The van der Waals surface area contributed by atoms with E-state index in [9.17, 15) is 9.59 Å². The minimum atomic E-state index is -0.364. The summed E-state index contributed by atoms with van der Waals surface area (Å²) >= 11 is 0. The van der Waals surface area contributed by atoms with Crippen LogP contribution in [0.5, 0.6) is 0 Å². The minimum Gasteiger partial charge on any atom is -0.465 e. The number of carbonyl (C=O) groups excluding carboxylic acids is 2. The number of benzene rings is 1. The zero-order chi connectivity index (χ0) is 12.7. The van der Waals surface area contributed by atoms with Crippen LogP contribution in [0.4, 0.5) is 0 Å². The van der Waals surface area contributed by atoms with E-state index in [0.717, 1.165) is 5.56 Å². The third-order valence-electron chi connectivity index (χ3n) is 2.29. The average molecular weight is 236 g/mol. The quantitative estimate of drug-likeness (QED) is 0.554. The Morgan fingerprint density at radius 2 is 2.06 bits per heavy atom. The molecule has 17 heavy (non-hydrogen) atoms. The van der Waals surface area contributed by atoms with Gasteiger partial charge < -0.3 is 15.8 Å². The predicted molar refractivity (Wildman–Crippen MR) is 63.3 cm³/mol. The van der Waals surface area contributed by atoms with Crippen LogP contribution in [0.3, 0.4) is 0 Å². The number of nitrogens with two attached hydrogens (primary N) is 1. The molecule has 5 heteroatoms. The van der Waals surface area contributed by atoms with Crippen LogP contribution in [0, 0.1) is 0 Å². The number of hydrogen-bond acceptors (Lipinski definition) is 4. The fraction of sp³-hybridized carbons (Fsp3) is 0.333.